The molecule has 0 heterocycles. The van der Waals surface area contributed by atoms with Gasteiger partial charge in [0.15, 0.2) is 0 Å². The van der Waals surface area contributed by atoms with E-state index in [-0.39, 0.29) is 22.5 Å². The number of carbonyl (C=O) groups is 2. The van der Waals surface area contributed by atoms with E-state index >= 15 is 0 Å². The van der Waals surface area contributed by atoms with Crippen LogP contribution in [-0.4, -0.2) is 21.9 Å². The van der Waals surface area contributed by atoms with Crippen LogP contribution >= 0.6 is 0 Å². The molecule has 2 N–H and O–H groups in total. The predicted molar refractivity (Wildman–Crippen MR) is 73.9 cm³/mol. The van der Waals surface area contributed by atoms with Crippen molar-refractivity contribution in [1.82, 2.24) is 0 Å². The molecular formula is C14H9N2O6-. The number of amides is 1. The molecule has 0 aliphatic carbocycles. The van der Waals surface area contributed by atoms with Crippen LogP contribution in [0, 0.1) is 10.1 Å². The lowest BCUT2D eigenvalue weighted by molar-refractivity contribution is -0.384. The summed E-state index contributed by atoms with van der Waals surface area (Å²) in [4.78, 5) is 33.1. The van der Waals surface area contributed by atoms with E-state index < -0.39 is 22.5 Å². The molecule has 2 aromatic carbocycles. The Morgan fingerprint density at radius 2 is 1.86 bits per heavy atom. The van der Waals surface area contributed by atoms with Gasteiger partial charge >= 0.3 is 5.97 Å². The van der Waals surface area contributed by atoms with E-state index in [9.17, 15) is 24.8 Å². The van der Waals surface area contributed by atoms with Gasteiger partial charge in [-0.05, 0) is 12.1 Å². The number of nitro groups is 1. The highest BCUT2D eigenvalue weighted by molar-refractivity contribution is 6.08. The zero-order valence-corrected chi connectivity index (χ0v) is 11.0. The lowest BCUT2D eigenvalue weighted by atomic mass is 10.1. The number of carboxylic acids is 1. The summed E-state index contributed by atoms with van der Waals surface area (Å²) in [5, 5.41) is 33.2. The fraction of sp³-hybridized carbons (Fsp3) is 0. The molecule has 0 unspecified atom stereocenters. The fourth-order valence-corrected chi connectivity index (χ4v) is 1.76. The second kappa shape index (κ2) is 5.92. The maximum absolute atomic E-state index is 12.0. The normalized spacial score (nSPS) is 10.0. The predicted octanol–water partition coefficient (Wildman–Crippen LogP) is 1.62. The number of hydrogen-bond acceptors (Lipinski definition) is 5. The van der Waals surface area contributed by atoms with E-state index in [0.29, 0.717) is 0 Å². The van der Waals surface area contributed by atoms with E-state index in [2.05, 4.69) is 5.32 Å². The first-order valence-corrected chi connectivity index (χ1v) is 5.98. The first-order chi connectivity index (χ1) is 10.4. The van der Waals surface area contributed by atoms with Crippen LogP contribution < -0.4 is 10.4 Å². The second-order valence-electron chi connectivity index (χ2n) is 4.27. The van der Waals surface area contributed by atoms with E-state index in [1.165, 1.54) is 24.3 Å². The summed E-state index contributed by atoms with van der Waals surface area (Å²) in [5.41, 5.74) is -0.687. The van der Waals surface area contributed by atoms with Crippen molar-refractivity contribution in [3.05, 3.63) is 63.7 Å². The number of carbonyl (C=O) groups excluding carboxylic acids is 1. The highest BCUT2D eigenvalue weighted by atomic mass is 16.6. The van der Waals surface area contributed by atoms with Crippen LogP contribution in [0.25, 0.3) is 0 Å². The van der Waals surface area contributed by atoms with Crippen LogP contribution in [-0.2, 0) is 0 Å². The molecule has 112 valence electrons. The zero-order chi connectivity index (χ0) is 16.3. The quantitative estimate of drug-likeness (QED) is 0.651. The third-order valence-corrected chi connectivity index (χ3v) is 2.79. The molecule has 8 nitrogen and oxygen atoms in total. The first kappa shape index (κ1) is 15.0. The minimum Gasteiger partial charge on any atom is -0.872 e. The first-order valence-electron chi connectivity index (χ1n) is 5.98. The summed E-state index contributed by atoms with van der Waals surface area (Å²) in [7, 11) is 0. The summed E-state index contributed by atoms with van der Waals surface area (Å²) in [6.45, 7) is 0. The van der Waals surface area contributed by atoms with Gasteiger partial charge in [0.2, 0.25) is 0 Å². The van der Waals surface area contributed by atoms with Crippen molar-refractivity contribution in [2.75, 3.05) is 5.32 Å². The van der Waals surface area contributed by atoms with Crippen LogP contribution in [0.15, 0.2) is 42.5 Å². The van der Waals surface area contributed by atoms with Gasteiger partial charge in [-0.15, -0.1) is 5.75 Å². The third-order valence-electron chi connectivity index (χ3n) is 2.79. The Balaban J connectivity index is 2.31. The van der Waals surface area contributed by atoms with Gasteiger partial charge in [-0.25, -0.2) is 4.79 Å². The molecule has 0 radical (unpaired) electrons. The van der Waals surface area contributed by atoms with Gasteiger partial charge in [-0.2, -0.15) is 0 Å². The zero-order valence-electron chi connectivity index (χ0n) is 11.0. The second-order valence-corrected chi connectivity index (χ2v) is 4.27. The minimum atomic E-state index is -1.37. The van der Waals surface area contributed by atoms with Crippen molar-refractivity contribution >= 4 is 23.3 Å². The SMILES string of the molecule is O=C(Nc1ccc([O-])cc1C(=O)O)c1cccc([N+](=O)[O-])c1. The number of benzene rings is 2. The summed E-state index contributed by atoms with van der Waals surface area (Å²) < 4.78 is 0. The molecule has 2 aromatic rings. The monoisotopic (exact) mass is 301 g/mol. The molecule has 0 bridgehead atoms. The Kier molecular flexibility index (Phi) is 4.03. The lowest BCUT2D eigenvalue weighted by Crippen LogP contribution is -2.15. The average Bonchev–Trinajstić information content (AvgIpc) is 2.48. The van der Waals surface area contributed by atoms with E-state index in [1.807, 2.05) is 0 Å². The maximum Gasteiger partial charge on any atom is 0.337 e. The average molecular weight is 301 g/mol. The van der Waals surface area contributed by atoms with Crippen LogP contribution in [0.2, 0.25) is 0 Å². The Hall–Kier alpha value is -3.42. The van der Waals surface area contributed by atoms with E-state index in [1.54, 1.807) is 0 Å². The van der Waals surface area contributed by atoms with Gasteiger partial charge in [0.25, 0.3) is 11.6 Å². The van der Waals surface area contributed by atoms with Crippen LogP contribution in [0.1, 0.15) is 20.7 Å². The van der Waals surface area contributed by atoms with Gasteiger partial charge in [0.1, 0.15) is 0 Å². The van der Waals surface area contributed by atoms with Crippen molar-refractivity contribution in [3.8, 4) is 5.75 Å². The van der Waals surface area contributed by atoms with Crippen LogP contribution in [0.4, 0.5) is 11.4 Å². The number of nitro benzene ring substituents is 1. The number of nitrogens with one attached hydrogen (secondary N) is 1. The highest BCUT2D eigenvalue weighted by Crippen LogP contribution is 2.21. The van der Waals surface area contributed by atoms with Crippen molar-refractivity contribution in [3.63, 3.8) is 0 Å². The summed E-state index contributed by atoms with van der Waals surface area (Å²) in [6, 6.07) is 8.14. The van der Waals surface area contributed by atoms with Gasteiger partial charge in [-0.3, -0.25) is 14.9 Å². The fourth-order valence-electron chi connectivity index (χ4n) is 1.76. The number of hydrogen-bond donors (Lipinski definition) is 2. The molecule has 0 aliphatic heterocycles. The number of nitrogens with zero attached hydrogens (tertiary/aromatic N) is 1. The Morgan fingerprint density at radius 1 is 1.14 bits per heavy atom. The van der Waals surface area contributed by atoms with Gasteiger partial charge in [0.05, 0.1) is 16.2 Å². The van der Waals surface area contributed by atoms with E-state index in [0.717, 1.165) is 18.2 Å². The van der Waals surface area contributed by atoms with Crippen molar-refractivity contribution < 1.29 is 24.7 Å². The largest absolute Gasteiger partial charge is 0.872 e. The standard InChI is InChI=1S/C14H10N2O6/c17-10-4-5-12(11(7-10)14(19)20)15-13(18)8-2-1-3-9(6-8)16(21)22/h1-7,17H,(H,15,18)(H,19,20)/p-1. The Bertz CT molecular complexity index is 772. The molecule has 0 saturated heterocycles. The van der Waals surface area contributed by atoms with Crippen LogP contribution in [0.5, 0.6) is 5.75 Å². The summed E-state index contributed by atoms with van der Waals surface area (Å²) in [6.07, 6.45) is 0. The van der Waals surface area contributed by atoms with Crippen LogP contribution in [0.3, 0.4) is 0 Å². The van der Waals surface area contributed by atoms with Gasteiger partial charge < -0.3 is 15.5 Å². The molecule has 8 heteroatoms. The summed E-state index contributed by atoms with van der Waals surface area (Å²) >= 11 is 0. The molecule has 22 heavy (non-hydrogen) atoms. The number of non-ortho nitro benzene ring substituents is 1. The highest BCUT2D eigenvalue weighted by Gasteiger charge is 2.15. The molecule has 0 fully saturated rings. The van der Waals surface area contributed by atoms with E-state index in [4.69, 9.17) is 5.11 Å². The minimum absolute atomic E-state index is 0.00302. The number of aromatic carboxylic acids is 1. The lowest BCUT2D eigenvalue weighted by Gasteiger charge is -2.12. The van der Waals surface area contributed by atoms with Gasteiger partial charge in [0, 0.05) is 17.7 Å². The molecule has 1 amide bonds. The molecule has 0 atom stereocenters. The third kappa shape index (κ3) is 3.18. The van der Waals surface area contributed by atoms with Gasteiger partial charge in [-0.1, -0.05) is 18.2 Å². The molecule has 0 aliphatic rings. The molecule has 0 aromatic heterocycles. The Morgan fingerprint density at radius 3 is 2.50 bits per heavy atom. The van der Waals surface area contributed by atoms with Crippen molar-refractivity contribution in [2.45, 2.75) is 0 Å². The number of rotatable bonds is 4. The van der Waals surface area contributed by atoms with Crippen molar-refractivity contribution in [1.29, 1.82) is 0 Å². The topological polar surface area (TPSA) is 133 Å². The molecule has 2 rings (SSSR count). The molecule has 0 saturated carbocycles. The number of carboxylic acid groups (broad SMARTS) is 1. The summed E-state index contributed by atoms with van der Waals surface area (Å²) in [5.74, 6) is -2.59. The smallest absolute Gasteiger partial charge is 0.337 e. The Labute approximate surface area is 123 Å². The number of anilines is 1. The molecule has 0 spiro atoms. The van der Waals surface area contributed by atoms with Crippen molar-refractivity contribution in [2.24, 2.45) is 0 Å². The maximum atomic E-state index is 12.0. The molecular weight excluding hydrogens is 292 g/mol.